The zero-order chi connectivity index (χ0) is 11.0. The lowest BCUT2D eigenvalue weighted by Crippen LogP contribution is -2.45. The molecule has 0 heterocycles. The molecule has 0 aliphatic carbocycles. The average Bonchev–Trinajstić information content (AvgIpc) is 2.17. The predicted octanol–water partition coefficient (Wildman–Crippen LogP) is 0.262. The van der Waals surface area contributed by atoms with Crippen LogP contribution in [0.1, 0.15) is 33.6 Å². The van der Waals surface area contributed by atoms with E-state index in [-0.39, 0.29) is 24.6 Å². The number of hydrogen-bond donors (Lipinski definition) is 3. The van der Waals surface area contributed by atoms with Crippen LogP contribution in [0.2, 0.25) is 0 Å². The summed E-state index contributed by atoms with van der Waals surface area (Å²) < 4.78 is 0. The smallest absolute Gasteiger partial charge is 0.237 e. The van der Waals surface area contributed by atoms with Crippen molar-refractivity contribution in [2.24, 2.45) is 0 Å². The molecule has 1 amide bonds. The van der Waals surface area contributed by atoms with Gasteiger partial charge >= 0.3 is 0 Å². The second kappa shape index (κ2) is 7.76. The van der Waals surface area contributed by atoms with Crippen molar-refractivity contribution in [3.05, 3.63) is 0 Å². The fraction of sp³-hybridized carbons (Fsp3) is 0.900. The summed E-state index contributed by atoms with van der Waals surface area (Å²) in [4.78, 5) is 11.5. The molecule has 4 nitrogen and oxygen atoms in total. The average molecular weight is 202 g/mol. The number of aliphatic hydroxyl groups excluding tert-OH is 1. The highest BCUT2D eigenvalue weighted by atomic mass is 16.3. The Labute approximate surface area is 86.1 Å². The van der Waals surface area contributed by atoms with Gasteiger partial charge in [0.05, 0.1) is 6.04 Å². The van der Waals surface area contributed by atoms with Gasteiger partial charge in [0.2, 0.25) is 5.91 Å². The van der Waals surface area contributed by atoms with Gasteiger partial charge in [-0.15, -0.1) is 0 Å². The number of hydrogen-bond acceptors (Lipinski definition) is 3. The molecule has 2 atom stereocenters. The number of carbonyl (C=O) groups is 1. The SMILES string of the molecule is CCC(C)NC(=O)C(C)NCCCO. The van der Waals surface area contributed by atoms with Gasteiger partial charge < -0.3 is 15.7 Å². The lowest BCUT2D eigenvalue weighted by Gasteiger charge is -2.17. The maximum atomic E-state index is 11.5. The Hall–Kier alpha value is -0.610. The van der Waals surface area contributed by atoms with Crippen LogP contribution in [0.15, 0.2) is 0 Å². The summed E-state index contributed by atoms with van der Waals surface area (Å²) in [6, 6.07) is 0.0418. The van der Waals surface area contributed by atoms with Crippen LogP contribution < -0.4 is 10.6 Å². The third kappa shape index (κ3) is 5.94. The molecule has 0 aromatic rings. The van der Waals surface area contributed by atoms with E-state index >= 15 is 0 Å². The zero-order valence-electron chi connectivity index (χ0n) is 9.34. The summed E-state index contributed by atoms with van der Waals surface area (Å²) in [5.41, 5.74) is 0. The topological polar surface area (TPSA) is 61.4 Å². The molecule has 0 aromatic carbocycles. The van der Waals surface area contributed by atoms with E-state index in [0.717, 1.165) is 6.42 Å². The number of carbonyl (C=O) groups excluding carboxylic acids is 1. The molecule has 0 bridgehead atoms. The quantitative estimate of drug-likeness (QED) is 0.519. The molecule has 0 aliphatic heterocycles. The molecule has 0 fully saturated rings. The first-order chi connectivity index (χ1) is 6.61. The van der Waals surface area contributed by atoms with Crippen LogP contribution in [0.3, 0.4) is 0 Å². The summed E-state index contributed by atoms with van der Waals surface area (Å²) in [5, 5.41) is 14.5. The number of nitrogens with one attached hydrogen (secondary N) is 2. The second-order valence-electron chi connectivity index (χ2n) is 3.57. The van der Waals surface area contributed by atoms with Crippen LogP contribution in [-0.2, 0) is 4.79 Å². The molecule has 0 aliphatic rings. The number of amides is 1. The second-order valence-corrected chi connectivity index (χ2v) is 3.57. The van der Waals surface area contributed by atoms with Gasteiger partial charge in [0.25, 0.3) is 0 Å². The molecule has 0 rings (SSSR count). The molecular weight excluding hydrogens is 180 g/mol. The molecule has 0 saturated carbocycles. The van der Waals surface area contributed by atoms with Crippen molar-refractivity contribution in [2.45, 2.75) is 45.7 Å². The van der Waals surface area contributed by atoms with Crippen molar-refractivity contribution in [3.8, 4) is 0 Å². The first-order valence-corrected chi connectivity index (χ1v) is 5.26. The van der Waals surface area contributed by atoms with Crippen molar-refractivity contribution in [3.63, 3.8) is 0 Å². The van der Waals surface area contributed by atoms with Crippen LogP contribution >= 0.6 is 0 Å². The predicted molar refractivity (Wildman–Crippen MR) is 57.1 cm³/mol. The summed E-state index contributed by atoms with van der Waals surface area (Å²) in [7, 11) is 0. The molecule has 14 heavy (non-hydrogen) atoms. The molecule has 3 N–H and O–H groups in total. The van der Waals surface area contributed by atoms with E-state index in [2.05, 4.69) is 10.6 Å². The van der Waals surface area contributed by atoms with Gasteiger partial charge in [-0.1, -0.05) is 6.92 Å². The normalized spacial score (nSPS) is 14.9. The van der Waals surface area contributed by atoms with E-state index in [4.69, 9.17) is 5.11 Å². The Bertz CT molecular complexity index is 162. The molecular formula is C10H22N2O2. The van der Waals surface area contributed by atoms with Gasteiger partial charge in [0, 0.05) is 12.6 Å². The van der Waals surface area contributed by atoms with Crippen molar-refractivity contribution in [1.82, 2.24) is 10.6 Å². The third-order valence-corrected chi connectivity index (χ3v) is 2.18. The first kappa shape index (κ1) is 13.4. The summed E-state index contributed by atoms with van der Waals surface area (Å²) >= 11 is 0. The standard InChI is InChI=1S/C10H22N2O2/c1-4-8(2)12-10(14)9(3)11-6-5-7-13/h8-9,11,13H,4-7H2,1-3H3,(H,12,14). The largest absolute Gasteiger partial charge is 0.396 e. The van der Waals surface area contributed by atoms with Gasteiger partial charge in [-0.2, -0.15) is 0 Å². The van der Waals surface area contributed by atoms with Crippen molar-refractivity contribution >= 4 is 5.91 Å². The van der Waals surface area contributed by atoms with Gasteiger partial charge in [0.1, 0.15) is 0 Å². The van der Waals surface area contributed by atoms with Crippen molar-refractivity contribution in [2.75, 3.05) is 13.2 Å². The molecule has 0 aromatic heterocycles. The van der Waals surface area contributed by atoms with Gasteiger partial charge in [-0.25, -0.2) is 0 Å². The molecule has 4 heteroatoms. The molecule has 2 unspecified atom stereocenters. The van der Waals surface area contributed by atoms with Crippen LogP contribution in [0.5, 0.6) is 0 Å². The maximum absolute atomic E-state index is 11.5. The molecule has 0 spiro atoms. The summed E-state index contributed by atoms with van der Waals surface area (Å²) in [6.07, 6.45) is 1.62. The Morgan fingerprint density at radius 2 is 2.07 bits per heavy atom. The van der Waals surface area contributed by atoms with E-state index in [1.54, 1.807) is 0 Å². The molecule has 0 saturated heterocycles. The van der Waals surface area contributed by atoms with E-state index in [1.807, 2.05) is 20.8 Å². The Balaban J connectivity index is 3.64. The minimum atomic E-state index is -0.185. The van der Waals surface area contributed by atoms with E-state index in [9.17, 15) is 4.79 Å². The van der Waals surface area contributed by atoms with Crippen LogP contribution in [-0.4, -0.2) is 36.2 Å². The highest BCUT2D eigenvalue weighted by Gasteiger charge is 2.12. The van der Waals surface area contributed by atoms with E-state index in [1.165, 1.54) is 0 Å². The molecule has 84 valence electrons. The third-order valence-electron chi connectivity index (χ3n) is 2.18. The van der Waals surface area contributed by atoms with E-state index < -0.39 is 0 Å². The fourth-order valence-electron chi connectivity index (χ4n) is 0.960. The van der Waals surface area contributed by atoms with Crippen LogP contribution in [0.25, 0.3) is 0 Å². The number of aliphatic hydroxyl groups is 1. The van der Waals surface area contributed by atoms with Gasteiger partial charge in [-0.05, 0) is 33.2 Å². The fourth-order valence-corrected chi connectivity index (χ4v) is 0.960. The first-order valence-electron chi connectivity index (χ1n) is 5.26. The summed E-state index contributed by atoms with van der Waals surface area (Å²) in [6.45, 7) is 6.68. The Kier molecular flexibility index (Phi) is 7.42. The minimum absolute atomic E-state index is 0.0253. The van der Waals surface area contributed by atoms with Crippen LogP contribution in [0, 0.1) is 0 Å². The molecule has 0 radical (unpaired) electrons. The number of rotatable bonds is 7. The zero-order valence-corrected chi connectivity index (χ0v) is 9.34. The highest BCUT2D eigenvalue weighted by molar-refractivity contribution is 5.81. The van der Waals surface area contributed by atoms with Crippen LogP contribution in [0.4, 0.5) is 0 Å². The van der Waals surface area contributed by atoms with E-state index in [0.29, 0.717) is 13.0 Å². The monoisotopic (exact) mass is 202 g/mol. The minimum Gasteiger partial charge on any atom is -0.396 e. The summed E-state index contributed by atoms with van der Waals surface area (Å²) in [5.74, 6) is 0.0253. The Morgan fingerprint density at radius 3 is 2.57 bits per heavy atom. The highest BCUT2D eigenvalue weighted by Crippen LogP contribution is 1.90. The Morgan fingerprint density at radius 1 is 1.43 bits per heavy atom. The maximum Gasteiger partial charge on any atom is 0.237 e. The van der Waals surface area contributed by atoms with Crippen molar-refractivity contribution < 1.29 is 9.90 Å². The van der Waals surface area contributed by atoms with Gasteiger partial charge in [-0.3, -0.25) is 4.79 Å². The lowest BCUT2D eigenvalue weighted by molar-refractivity contribution is -0.123. The van der Waals surface area contributed by atoms with Gasteiger partial charge in [0.15, 0.2) is 0 Å². The van der Waals surface area contributed by atoms with Crippen molar-refractivity contribution in [1.29, 1.82) is 0 Å². The lowest BCUT2D eigenvalue weighted by atomic mass is 10.2.